The van der Waals surface area contributed by atoms with Gasteiger partial charge in [-0.2, -0.15) is 0 Å². The molecule has 3 rings (SSSR count). The Balaban J connectivity index is 1.46. The summed E-state index contributed by atoms with van der Waals surface area (Å²) in [4.78, 5) is 24.7. The summed E-state index contributed by atoms with van der Waals surface area (Å²) in [7, 11) is 0. The Kier molecular flexibility index (Phi) is 8.68. The van der Waals surface area contributed by atoms with E-state index in [0.29, 0.717) is 23.6 Å². The second-order valence-corrected chi connectivity index (χ2v) is 9.12. The number of hydrogen-bond acceptors (Lipinski definition) is 4. The van der Waals surface area contributed by atoms with Gasteiger partial charge in [-0.1, -0.05) is 42.5 Å². The van der Waals surface area contributed by atoms with Gasteiger partial charge in [0.2, 0.25) is 5.91 Å². The molecule has 0 aliphatic heterocycles. The molecule has 34 heavy (non-hydrogen) atoms. The number of aryl methyl sites for hydroxylation is 1. The van der Waals surface area contributed by atoms with Crippen LogP contribution < -0.4 is 20.7 Å². The van der Waals surface area contributed by atoms with Gasteiger partial charge in [0.25, 0.3) is 5.91 Å². The number of carbonyl (C=O) groups is 2. The molecule has 178 valence electrons. The Morgan fingerprint density at radius 2 is 1.53 bits per heavy atom. The summed E-state index contributed by atoms with van der Waals surface area (Å²) in [5.41, 5.74) is 2.95. The van der Waals surface area contributed by atoms with E-state index in [1.165, 1.54) is 5.56 Å². The van der Waals surface area contributed by atoms with Gasteiger partial charge >= 0.3 is 0 Å². The van der Waals surface area contributed by atoms with E-state index < -0.39 is 0 Å². The number of benzene rings is 3. The summed E-state index contributed by atoms with van der Waals surface area (Å²) in [5.74, 6) is 0.338. The summed E-state index contributed by atoms with van der Waals surface area (Å²) >= 11 is 0. The lowest BCUT2D eigenvalue weighted by molar-refractivity contribution is -0.114. The largest absolute Gasteiger partial charge is 0.491 e. The van der Waals surface area contributed by atoms with E-state index in [1.54, 1.807) is 24.3 Å². The van der Waals surface area contributed by atoms with Crippen molar-refractivity contribution in [1.29, 1.82) is 0 Å². The van der Waals surface area contributed by atoms with Crippen molar-refractivity contribution in [3.05, 3.63) is 90.0 Å². The summed E-state index contributed by atoms with van der Waals surface area (Å²) in [5, 5.41) is 8.92. The fraction of sp³-hybridized carbons (Fsp3) is 0.286. The molecule has 0 aromatic heterocycles. The molecule has 6 heteroatoms. The first kappa shape index (κ1) is 24.8. The maximum Gasteiger partial charge on any atom is 0.251 e. The van der Waals surface area contributed by atoms with Crippen molar-refractivity contribution in [2.45, 2.75) is 39.2 Å². The molecule has 3 aromatic rings. The van der Waals surface area contributed by atoms with Crippen LogP contribution >= 0.6 is 0 Å². The molecule has 0 heterocycles. The maximum absolute atomic E-state index is 12.5. The van der Waals surface area contributed by atoms with Crippen LogP contribution in [-0.2, 0) is 11.2 Å². The van der Waals surface area contributed by atoms with Crippen molar-refractivity contribution < 1.29 is 14.3 Å². The topological polar surface area (TPSA) is 79.5 Å². The molecule has 0 saturated carbocycles. The first-order chi connectivity index (χ1) is 16.3. The lowest BCUT2D eigenvalue weighted by Crippen LogP contribution is -2.40. The molecule has 0 fully saturated rings. The second kappa shape index (κ2) is 11.9. The number of amides is 2. The Morgan fingerprint density at radius 1 is 0.853 bits per heavy atom. The van der Waals surface area contributed by atoms with Gasteiger partial charge in [-0.05, 0) is 75.6 Å². The van der Waals surface area contributed by atoms with E-state index >= 15 is 0 Å². The van der Waals surface area contributed by atoms with Crippen LogP contribution in [0.25, 0.3) is 0 Å². The third-order valence-corrected chi connectivity index (χ3v) is 4.96. The zero-order chi connectivity index (χ0) is 24.4. The van der Waals surface area contributed by atoms with Crippen molar-refractivity contribution in [2.24, 2.45) is 0 Å². The number of rotatable bonds is 10. The van der Waals surface area contributed by atoms with Gasteiger partial charge in [0, 0.05) is 16.8 Å². The first-order valence-corrected chi connectivity index (χ1v) is 11.5. The van der Waals surface area contributed by atoms with E-state index in [4.69, 9.17) is 4.74 Å². The monoisotopic (exact) mass is 459 g/mol. The standard InChI is InChI=1S/C28H33N3O3/c1-28(2,3)31-27(33)22-15-17-23(18-16-22)29-20-26(32)30-24-13-7-8-14-25(24)34-19-9-12-21-10-5-4-6-11-21/h4-8,10-11,13-18,29H,9,12,19-20H2,1-3H3,(H,30,32)(H,31,33). The highest BCUT2D eigenvalue weighted by molar-refractivity contribution is 5.96. The summed E-state index contributed by atoms with van der Waals surface area (Å²) in [6.07, 6.45) is 1.83. The molecule has 0 spiro atoms. The Morgan fingerprint density at radius 3 is 2.24 bits per heavy atom. The van der Waals surface area contributed by atoms with Crippen LogP contribution in [0.3, 0.4) is 0 Å². The van der Waals surface area contributed by atoms with E-state index in [-0.39, 0.29) is 23.9 Å². The quantitative estimate of drug-likeness (QED) is 0.361. The molecule has 3 N–H and O–H groups in total. The maximum atomic E-state index is 12.5. The summed E-state index contributed by atoms with van der Waals surface area (Å²) in [6.45, 7) is 6.47. The SMILES string of the molecule is CC(C)(C)NC(=O)c1ccc(NCC(=O)Nc2ccccc2OCCCc2ccccc2)cc1. The van der Waals surface area contributed by atoms with E-state index in [2.05, 4.69) is 28.1 Å². The average molecular weight is 460 g/mol. The first-order valence-electron chi connectivity index (χ1n) is 11.5. The molecule has 0 radical (unpaired) electrons. The van der Waals surface area contributed by atoms with E-state index in [0.717, 1.165) is 18.5 Å². The minimum absolute atomic E-state index is 0.0931. The van der Waals surface area contributed by atoms with Crippen LogP contribution in [0.2, 0.25) is 0 Å². The third-order valence-electron chi connectivity index (χ3n) is 4.96. The van der Waals surface area contributed by atoms with Crippen LogP contribution in [0.1, 0.15) is 43.1 Å². The number of hydrogen-bond donors (Lipinski definition) is 3. The average Bonchev–Trinajstić information content (AvgIpc) is 2.81. The highest BCUT2D eigenvalue weighted by Gasteiger charge is 2.15. The van der Waals surface area contributed by atoms with Crippen LogP contribution in [0.4, 0.5) is 11.4 Å². The molecular formula is C28H33N3O3. The van der Waals surface area contributed by atoms with E-state index in [1.807, 2.05) is 63.2 Å². The molecule has 0 atom stereocenters. The lowest BCUT2D eigenvalue weighted by Gasteiger charge is -2.20. The van der Waals surface area contributed by atoms with Crippen LogP contribution in [-0.4, -0.2) is 30.5 Å². The number of ether oxygens (including phenoxy) is 1. The fourth-order valence-corrected chi connectivity index (χ4v) is 3.33. The molecule has 0 aliphatic rings. The number of anilines is 2. The van der Waals surface area contributed by atoms with Gasteiger partial charge in [0.05, 0.1) is 18.8 Å². The molecule has 0 bridgehead atoms. The summed E-state index contributed by atoms with van der Waals surface area (Å²) < 4.78 is 5.92. The van der Waals surface area contributed by atoms with Crippen LogP contribution in [0, 0.1) is 0 Å². The van der Waals surface area contributed by atoms with Crippen molar-refractivity contribution in [3.63, 3.8) is 0 Å². The molecule has 0 aliphatic carbocycles. The number of carbonyl (C=O) groups excluding carboxylic acids is 2. The molecule has 3 aromatic carbocycles. The van der Waals surface area contributed by atoms with Crippen LogP contribution in [0.15, 0.2) is 78.9 Å². The van der Waals surface area contributed by atoms with Gasteiger partial charge in [0.15, 0.2) is 0 Å². The fourth-order valence-electron chi connectivity index (χ4n) is 3.33. The summed E-state index contributed by atoms with van der Waals surface area (Å²) in [6, 6.07) is 24.8. The van der Waals surface area contributed by atoms with Crippen molar-refractivity contribution in [2.75, 3.05) is 23.8 Å². The van der Waals surface area contributed by atoms with Crippen molar-refractivity contribution in [3.8, 4) is 5.75 Å². The second-order valence-electron chi connectivity index (χ2n) is 9.12. The Labute approximate surface area is 201 Å². The molecule has 0 unspecified atom stereocenters. The third kappa shape index (κ3) is 8.28. The van der Waals surface area contributed by atoms with E-state index in [9.17, 15) is 9.59 Å². The minimum atomic E-state index is -0.298. The lowest BCUT2D eigenvalue weighted by atomic mass is 10.1. The molecular weight excluding hydrogens is 426 g/mol. The number of para-hydroxylation sites is 2. The number of nitrogens with one attached hydrogen (secondary N) is 3. The Bertz CT molecular complexity index is 1070. The molecule has 6 nitrogen and oxygen atoms in total. The normalized spacial score (nSPS) is 10.9. The zero-order valence-electron chi connectivity index (χ0n) is 20.1. The van der Waals surface area contributed by atoms with Gasteiger partial charge in [-0.25, -0.2) is 0 Å². The molecule has 0 saturated heterocycles. The Hall–Kier alpha value is -3.80. The van der Waals surface area contributed by atoms with Crippen LogP contribution in [0.5, 0.6) is 5.75 Å². The van der Waals surface area contributed by atoms with Gasteiger partial charge < -0.3 is 20.7 Å². The van der Waals surface area contributed by atoms with Gasteiger partial charge in [-0.3, -0.25) is 9.59 Å². The highest BCUT2D eigenvalue weighted by atomic mass is 16.5. The van der Waals surface area contributed by atoms with Crippen molar-refractivity contribution in [1.82, 2.24) is 5.32 Å². The highest BCUT2D eigenvalue weighted by Crippen LogP contribution is 2.24. The van der Waals surface area contributed by atoms with Gasteiger partial charge in [0.1, 0.15) is 5.75 Å². The minimum Gasteiger partial charge on any atom is -0.491 e. The predicted octanol–water partition coefficient (Wildman–Crippen LogP) is 5.28. The van der Waals surface area contributed by atoms with Crippen molar-refractivity contribution >= 4 is 23.2 Å². The predicted molar refractivity (Wildman–Crippen MR) is 137 cm³/mol. The zero-order valence-corrected chi connectivity index (χ0v) is 20.1. The smallest absolute Gasteiger partial charge is 0.251 e. The van der Waals surface area contributed by atoms with Gasteiger partial charge in [-0.15, -0.1) is 0 Å². The molecule has 2 amide bonds.